The summed E-state index contributed by atoms with van der Waals surface area (Å²) in [5.74, 6) is -0.320. The van der Waals surface area contributed by atoms with Crippen LogP contribution < -0.4 is 5.32 Å². The second-order valence-electron chi connectivity index (χ2n) is 6.67. The predicted octanol–water partition coefficient (Wildman–Crippen LogP) is 5.54. The largest absolute Gasteiger partial charge is 0.433 e. The van der Waals surface area contributed by atoms with Crippen molar-refractivity contribution in [3.05, 3.63) is 82.0 Å². The molecule has 1 unspecified atom stereocenters. The number of carbonyl (C=O) groups is 1. The van der Waals surface area contributed by atoms with E-state index in [1.807, 2.05) is 25.1 Å². The number of nitrogens with zero attached hydrogens (tertiary/aromatic N) is 2. The molecule has 2 heterocycles. The number of allylic oxidation sites excluding steroid dienone is 2. The standard InChI is InChI=1S/C22H18F3N3OS/c1-14(28-21(29)17-6-4-5-15(11-17)13-26)18-7-2-3-8-19(30-18)16-9-10-27-20(12-16)22(23,24)25/h4-12,14H,2-3H2,1H3,(H,28,29). The Morgan fingerprint density at radius 3 is 2.73 bits per heavy atom. The van der Waals surface area contributed by atoms with Gasteiger partial charge in [0.1, 0.15) is 5.69 Å². The monoisotopic (exact) mass is 429 g/mol. The lowest BCUT2D eigenvalue weighted by Crippen LogP contribution is -2.33. The third-order valence-corrected chi connectivity index (χ3v) is 5.81. The molecular formula is C22H18F3N3OS. The minimum absolute atomic E-state index is 0.320. The van der Waals surface area contributed by atoms with E-state index in [2.05, 4.69) is 10.3 Å². The number of carbonyl (C=O) groups excluding carboxylic acids is 1. The summed E-state index contributed by atoms with van der Waals surface area (Å²) in [5, 5.41) is 11.9. The van der Waals surface area contributed by atoms with E-state index in [1.165, 1.54) is 17.8 Å². The molecule has 4 nitrogen and oxygen atoms in total. The minimum atomic E-state index is -4.51. The van der Waals surface area contributed by atoms with Crippen LogP contribution in [0.1, 0.15) is 46.9 Å². The molecule has 1 aromatic heterocycles. The Bertz CT molecular complexity index is 1050. The molecule has 0 aliphatic carbocycles. The van der Waals surface area contributed by atoms with Gasteiger partial charge in [0.05, 0.1) is 17.7 Å². The van der Waals surface area contributed by atoms with Crippen LogP contribution in [0.15, 0.2) is 59.7 Å². The van der Waals surface area contributed by atoms with Crippen LogP contribution in [0.25, 0.3) is 4.91 Å². The number of nitrogens with one attached hydrogen (secondary N) is 1. The summed E-state index contributed by atoms with van der Waals surface area (Å²) < 4.78 is 39.0. The van der Waals surface area contributed by atoms with Gasteiger partial charge in [0, 0.05) is 21.6 Å². The average molecular weight is 429 g/mol. The van der Waals surface area contributed by atoms with Gasteiger partial charge in [-0.15, -0.1) is 0 Å². The first kappa shape index (κ1) is 21.7. The van der Waals surface area contributed by atoms with Crippen LogP contribution in [-0.2, 0) is 6.18 Å². The van der Waals surface area contributed by atoms with Gasteiger partial charge < -0.3 is 5.32 Å². The number of pyridine rings is 1. The number of nitriles is 1. The number of hydrogen-bond donors (Lipinski definition) is 1. The second-order valence-corrected chi connectivity index (χ2v) is 7.78. The first-order valence-electron chi connectivity index (χ1n) is 9.20. The number of rotatable bonds is 4. The maximum absolute atomic E-state index is 13.0. The van der Waals surface area contributed by atoms with Crippen molar-refractivity contribution in [3.63, 3.8) is 0 Å². The van der Waals surface area contributed by atoms with E-state index < -0.39 is 11.9 Å². The molecule has 0 bridgehead atoms. The maximum Gasteiger partial charge on any atom is 0.433 e. The summed E-state index contributed by atoms with van der Waals surface area (Å²) in [4.78, 5) is 17.5. The van der Waals surface area contributed by atoms with Gasteiger partial charge in [-0.25, -0.2) is 0 Å². The van der Waals surface area contributed by atoms with Crippen LogP contribution in [-0.4, -0.2) is 16.9 Å². The molecule has 2 aromatic rings. The molecule has 1 aliphatic rings. The van der Waals surface area contributed by atoms with Crippen LogP contribution >= 0.6 is 11.8 Å². The molecule has 3 rings (SSSR count). The quantitative estimate of drug-likeness (QED) is 0.693. The van der Waals surface area contributed by atoms with Gasteiger partial charge in [-0.1, -0.05) is 30.0 Å². The fourth-order valence-corrected chi connectivity index (χ4v) is 4.05. The molecule has 0 saturated carbocycles. The number of aromatic nitrogens is 1. The van der Waals surface area contributed by atoms with E-state index in [1.54, 1.807) is 24.3 Å². The van der Waals surface area contributed by atoms with Crippen LogP contribution in [0, 0.1) is 11.3 Å². The number of hydrogen-bond acceptors (Lipinski definition) is 4. The Hall–Kier alpha value is -3.05. The van der Waals surface area contributed by atoms with Crippen LogP contribution in [0.5, 0.6) is 0 Å². The van der Waals surface area contributed by atoms with Crippen LogP contribution in [0.2, 0.25) is 0 Å². The smallest absolute Gasteiger partial charge is 0.345 e. The summed E-state index contributed by atoms with van der Waals surface area (Å²) in [7, 11) is 0. The highest BCUT2D eigenvalue weighted by atomic mass is 32.2. The van der Waals surface area contributed by atoms with Crippen LogP contribution in [0.3, 0.4) is 0 Å². The van der Waals surface area contributed by atoms with E-state index in [-0.39, 0.29) is 11.9 Å². The highest BCUT2D eigenvalue weighted by Crippen LogP contribution is 2.39. The Labute approximate surface area is 176 Å². The third kappa shape index (κ3) is 5.30. The SMILES string of the molecule is CC(NC(=O)c1cccc(C#N)c1)C1=CCCC=C(c2ccnc(C(F)(F)F)c2)S1. The summed E-state index contributed by atoms with van der Waals surface area (Å²) in [5.41, 5.74) is 0.270. The van der Waals surface area contributed by atoms with Gasteiger partial charge in [-0.2, -0.15) is 18.4 Å². The van der Waals surface area contributed by atoms with E-state index in [0.717, 1.165) is 17.2 Å². The Kier molecular flexibility index (Phi) is 6.63. The Morgan fingerprint density at radius 2 is 2.00 bits per heavy atom. The molecule has 154 valence electrons. The summed E-state index contributed by atoms with van der Waals surface area (Å²) >= 11 is 1.34. The van der Waals surface area contributed by atoms with Crippen molar-refractivity contribution in [2.24, 2.45) is 0 Å². The average Bonchev–Trinajstić information content (AvgIpc) is 3.00. The lowest BCUT2D eigenvalue weighted by atomic mass is 10.1. The summed E-state index contributed by atoms with van der Waals surface area (Å²) in [6.45, 7) is 1.82. The topological polar surface area (TPSA) is 65.8 Å². The zero-order valence-corrected chi connectivity index (χ0v) is 16.8. The second kappa shape index (κ2) is 9.18. The van der Waals surface area contributed by atoms with Crippen molar-refractivity contribution < 1.29 is 18.0 Å². The molecule has 30 heavy (non-hydrogen) atoms. The fourth-order valence-electron chi connectivity index (χ4n) is 2.91. The number of benzene rings is 1. The van der Waals surface area contributed by atoms with Crippen molar-refractivity contribution in [1.82, 2.24) is 10.3 Å². The molecular weight excluding hydrogens is 411 g/mol. The van der Waals surface area contributed by atoms with Gasteiger partial charge in [0.25, 0.3) is 5.91 Å². The maximum atomic E-state index is 13.0. The minimum Gasteiger partial charge on any atom is -0.345 e. The molecule has 1 amide bonds. The number of thioether (sulfide) groups is 1. The molecule has 0 saturated heterocycles. The lowest BCUT2D eigenvalue weighted by Gasteiger charge is -2.18. The highest BCUT2D eigenvalue weighted by Gasteiger charge is 2.32. The number of alkyl halides is 3. The molecule has 8 heteroatoms. The first-order chi connectivity index (χ1) is 14.3. The van der Waals surface area contributed by atoms with Crippen LogP contribution in [0.4, 0.5) is 13.2 Å². The van der Waals surface area contributed by atoms with Crippen molar-refractivity contribution in [2.45, 2.75) is 32.0 Å². The normalized spacial score (nSPS) is 15.3. The molecule has 1 N–H and O–H groups in total. The van der Waals surface area contributed by atoms with Gasteiger partial charge >= 0.3 is 6.18 Å². The Balaban J connectivity index is 1.76. The highest BCUT2D eigenvalue weighted by molar-refractivity contribution is 8.11. The van der Waals surface area contributed by atoms with Gasteiger partial charge in [0.15, 0.2) is 0 Å². The number of halogens is 3. The van der Waals surface area contributed by atoms with Crippen molar-refractivity contribution in [3.8, 4) is 6.07 Å². The van der Waals surface area contributed by atoms with Gasteiger partial charge in [0.2, 0.25) is 0 Å². The number of amides is 1. The zero-order valence-electron chi connectivity index (χ0n) is 16.0. The molecule has 1 atom stereocenters. The molecule has 1 aromatic carbocycles. The van der Waals surface area contributed by atoms with Gasteiger partial charge in [-0.05, 0) is 55.7 Å². The zero-order chi connectivity index (χ0) is 21.7. The third-order valence-electron chi connectivity index (χ3n) is 4.43. The van der Waals surface area contributed by atoms with Crippen molar-refractivity contribution >= 4 is 22.6 Å². The summed E-state index contributed by atoms with van der Waals surface area (Å²) in [6.07, 6.45) is 1.92. The van der Waals surface area contributed by atoms with Gasteiger partial charge in [-0.3, -0.25) is 9.78 Å². The van der Waals surface area contributed by atoms with E-state index in [4.69, 9.17) is 5.26 Å². The van der Waals surface area contributed by atoms with Crippen molar-refractivity contribution in [2.75, 3.05) is 0 Å². The first-order valence-corrected chi connectivity index (χ1v) is 10.0. The predicted molar refractivity (Wildman–Crippen MR) is 110 cm³/mol. The molecule has 0 fully saturated rings. The van der Waals surface area contributed by atoms with E-state index >= 15 is 0 Å². The molecule has 0 radical (unpaired) electrons. The van der Waals surface area contributed by atoms with E-state index in [9.17, 15) is 18.0 Å². The molecule has 0 spiro atoms. The fraction of sp³-hybridized carbons (Fsp3) is 0.227. The Morgan fingerprint density at radius 1 is 1.23 bits per heavy atom. The van der Waals surface area contributed by atoms with E-state index in [0.29, 0.717) is 34.4 Å². The summed E-state index contributed by atoms with van der Waals surface area (Å²) in [6, 6.07) is 10.6. The van der Waals surface area contributed by atoms with Crippen molar-refractivity contribution in [1.29, 1.82) is 5.26 Å². The lowest BCUT2D eigenvalue weighted by molar-refractivity contribution is -0.141. The molecule has 1 aliphatic heterocycles.